The van der Waals surface area contributed by atoms with Crippen LogP contribution in [0.5, 0.6) is 0 Å². The van der Waals surface area contributed by atoms with Crippen LogP contribution in [0.2, 0.25) is 0 Å². The molecule has 72 valence electrons. The van der Waals surface area contributed by atoms with Crippen molar-refractivity contribution >= 4 is 23.1 Å². The summed E-state index contributed by atoms with van der Waals surface area (Å²) in [4.78, 5) is 3.52. The SMILES string of the molecule is Nc1ncc(C(F)F)c(CCl)c1N. The molecule has 0 saturated heterocycles. The molecule has 0 radical (unpaired) electrons. The molecule has 0 aliphatic rings. The van der Waals surface area contributed by atoms with E-state index in [0.29, 0.717) is 0 Å². The van der Waals surface area contributed by atoms with Crippen molar-refractivity contribution in [2.75, 3.05) is 11.5 Å². The molecule has 0 amide bonds. The van der Waals surface area contributed by atoms with Crippen LogP contribution < -0.4 is 11.5 Å². The van der Waals surface area contributed by atoms with E-state index in [9.17, 15) is 8.78 Å². The number of anilines is 2. The Morgan fingerprint density at radius 3 is 2.54 bits per heavy atom. The van der Waals surface area contributed by atoms with Gasteiger partial charge in [0.05, 0.1) is 11.6 Å². The maximum absolute atomic E-state index is 12.3. The molecule has 3 nitrogen and oxygen atoms in total. The molecule has 1 aromatic heterocycles. The summed E-state index contributed by atoms with van der Waals surface area (Å²) in [6, 6.07) is 0. The van der Waals surface area contributed by atoms with Gasteiger partial charge in [0.15, 0.2) is 0 Å². The number of hydrogen-bond donors (Lipinski definition) is 2. The Balaban J connectivity index is 3.30. The van der Waals surface area contributed by atoms with Crippen LogP contribution in [0.3, 0.4) is 0 Å². The zero-order chi connectivity index (χ0) is 10.0. The summed E-state index contributed by atoms with van der Waals surface area (Å²) in [5.41, 5.74) is 10.7. The highest BCUT2D eigenvalue weighted by Gasteiger charge is 2.16. The topological polar surface area (TPSA) is 64.9 Å². The number of halogens is 3. The van der Waals surface area contributed by atoms with E-state index in [2.05, 4.69) is 4.98 Å². The van der Waals surface area contributed by atoms with Gasteiger partial charge < -0.3 is 11.5 Å². The largest absolute Gasteiger partial charge is 0.395 e. The summed E-state index contributed by atoms with van der Waals surface area (Å²) in [6.45, 7) is 0. The molecule has 4 N–H and O–H groups in total. The van der Waals surface area contributed by atoms with Gasteiger partial charge in [-0.1, -0.05) is 0 Å². The van der Waals surface area contributed by atoms with E-state index in [1.807, 2.05) is 0 Å². The highest BCUT2D eigenvalue weighted by molar-refractivity contribution is 6.17. The predicted molar refractivity (Wildman–Crippen MR) is 47.6 cm³/mol. The second-order valence-corrected chi connectivity index (χ2v) is 2.69. The number of rotatable bonds is 2. The van der Waals surface area contributed by atoms with E-state index in [4.69, 9.17) is 23.1 Å². The average Bonchev–Trinajstić information content (AvgIpc) is 2.09. The lowest BCUT2D eigenvalue weighted by molar-refractivity contribution is 0.150. The molecular weight excluding hydrogens is 200 g/mol. The number of aromatic nitrogens is 1. The van der Waals surface area contributed by atoms with Crippen LogP contribution in [0, 0.1) is 0 Å². The van der Waals surface area contributed by atoms with Crippen LogP contribution in [0.15, 0.2) is 6.20 Å². The summed E-state index contributed by atoms with van der Waals surface area (Å²) < 4.78 is 24.7. The molecule has 1 aromatic rings. The first-order valence-corrected chi connectivity index (χ1v) is 3.98. The second kappa shape index (κ2) is 3.74. The van der Waals surface area contributed by atoms with Gasteiger partial charge in [-0.3, -0.25) is 0 Å². The van der Waals surface area contributed by atoms with E-state index in [1.54, 1.807) is 0 Å². The van der Waals surface area contributed by atoms with Crippen LogP contribution in [-0.2, 0) is 5.88 Å². The summed E-state index contributed by atoms with van der Waals surface area (Å²) in [6.07, 6.45) is -1.64. The minimum absolute atomic E-state index is 0.0278. The molecule has 6 heteroatoms. The molecule has 0 spiro atoms. The standard InChI is InChI=1S/C7H8ClF2N3/c8-1-3-4(6(9)10)2-13-7(12)5(3)11/h2,6H,1,11H2,(H2,12,13). The summed E-state index contributed by atoms with van der Waals surface area (Å²) in [5.74, 6) is -0.0712. The van der Waals surface area contributed by atoms with E-state index < -0.39 is 6.43 Å². The maximum atomic E-state index is 12.3. The second-order valence-electron chi connectivity index (χ2n) is 2.43. The van der Waals surface area contributed by atoms with Gasteiger partial charge in [0.2, 0.25) is 0 Å². The van der Waals surface area contributed by atoms with Gasteiger partial charge in [-0.15, -0.1) is 11.6 Å². The molecule has 0 aliphatic carbocycles. The Labute approximate surface area is 78.7 Å². The normalized spacial score (nSPS) is 10.8. The molecular formula is C7H8ClF2N3. The maximum Gasteiger partial charge on any atom is 0.265 e. The lowest BCUT2D eigenvalue weighted by Crippen LogP contribution is -2.05. The Bertz CT molecular complexity index is 317. The lowest BCUT2D eigenvalue weighted by Gasteiger charge is -2.09. The molecule has 1 rings (SSSR count). The molecule has 0 aliphatic heterocycles. The highest BCUT2D eigenvalue weighted by Crippen LogP contribution is 2.29. The van der Waals surface area contributed by atoms with Crippen molar-refractivity contribution in [2.24, 2.45) is 0 Å². The molecule has 13 heavy (non-hydrogen) atoms. The fraction of sp³-hybridized carbons (Fsp3) is 0.286. The van der Waals surface area contributed by atoms with Crippen LogP contribution in [0.1, 0.15) is 17.6 Å². The Hall–Kier alpha value is -1.10. The monoisotopic (exact) mass is 207 g/mol. The number of nitrogens with zero attached hydrogens (tertiary/aromatic N) is 1. The Morgan fingerprint density at radius 2 is 2.08 bits per heavy atom. The Kier molecular flexibility index (Phi) is 2.87. The van der Waals surface area contributed by atoms with E-state index >= 15 is 0 Å². The third kappa shape index (κ3) is 1.80. The molecule has 0 unspecified atom stereocenters. The first kappa shape index (κ1) is 9.98. The summed E-state index contributed by atoms with van der Waals surface area (Å²) >= 11 is 5.46. The number of alkyl halides is 3. The van der Waals surface area contributed by atoms with Gasteiger partial charge in [-0.25, -0.2) is 13.8 Å². The molecule has 0 fully saturated rings. The molecule has 0 bridgehead atoms. The number of hydrogen-bond acceptors (Lipinski definition) is 3. The van der Waals surface area contributed by atoms with Crippen molar-refractivity contribution in [3.05, 3.63) is 17.3 Å². The first-order valence-electron chi connectivity index (χ1n) is 3.44. The van der Waals surface area contributed by atoms with Crippen LogP contribution >= 0.6 is 11.6 Å². The van der Waals surface area contributed by atoms with Gasteiger partial charge >= 0.3 is 0 Å². The molecule has 0 saturated carbocycles. The van der Waals surface area contributed by atoms with Crippen molar-refractivity contribution in [1.29, 1.82) is 0 Å². The molecule has 0 aromatic carbocycles. The minimum atomic E-state index is -2.64. The zero-order valence-corrected chi connectivity index (χ0v) is 7.35. The number of nitrogen functional groups attached to an aromatic ring is 2. The van der Waals surface area contributed by atoms with Crippen LogP contribution in [0.25, 0.3) is 0 Å². The fourth-order valence-corrected chi connectivity index (χ4v) is 1.23. The molecule has 1 heterocycles. The van der Waals surface area contributed by atoms with Crippen molar-refractivity contribution in [3.63, 3.8) is 0 Å². The fourth-order valence-electron chi connectivity index (χ4n) is 0.934. The van der Waals surface area contributed by atoms with Gasteiger partial charge in [0.25, 0.3) is 6.43 Å². The van der Waals surface area contributed by atoms with Crippen molar-refractivity contribution in [3.8, 4) is 0 Å². The summed E-state index contributed by atoms with van der Waals surface area (Å²) in [7, 11) is 0. The quantitative estimate of drug-likeness (QED) is 0.729. The average molecular weight is 208 g/mol. The van der Waals surface area contributed by atoms with E-state index in [1.165, 1.54) is 0 Å². The van der Waals surface area contributed by atoms with Crippen LogP contribution in [-0.4, -0.2) is 4.98 Å². The number of pyridine rings is 1. The van der Waals surface area contributed by atoms with E-state index in [-0.39, 0.29) is 28.5 Å². The van der Waals surface area contributed by atoms with Gasteiger partial charge in [-0.2, -0.15) is 0 Å². The van der Waals surface area contributed by atoms with E-state index in [0.717, 1.165) is 6.20 Å². The Morgan fingerprint density at radius 1 is 1.46 bits per heavy atom. The van der Waals surface area contributed by atoms with Crippen molar-refractivity contribution < 1.29 is 8.78 Å². The number of nitrogens with two attached hydrogens (primary N) is 2. The van der Waals surface area contributed by atoms with Gasteiger partial charge in [0, 0.05) is 17.3 Å². The predicted octanol–water partition coefficient (Wildman–Crippen LogP) is 1.92. The minimum Gasteiger partial charge on any atom is -0.395 e. The first-order chi connectivity index (χ1) is 6.07. The van der Waals surface area contributed by atoms with Gasteiger partial charge in [0.1, 0.15) is 5.82 Å². The van der Waals surface area contributed by atoms with Crippen molar-refractivity contribution in [1.82, 2.24) is 4.98 Å². The third-order valence-electron chi connectivity index (χ3n) is 1.66. The van der Waals surface area contributed by atoms with Gasteiger partial charge in [-0.05, 0) is 0 Å². The summed E-state index contributed by atoms with van der Waals surface area (Å²) in [5, 5.41) is 0. The zero-order valence-electron chi connectivity index (χ0n) is 6.60. The van der Waals surface area contributed by atoms with Crippen molar-refractivity contribution in [2.45, 2.75) is 12.3 Å². The smallest absolute Gasteiger partial charge is 0.265 e. The van der Waals surface area contributed by atoms with Crippen LogP contribution in [0.4, 0.5) is 20.3 Å². The molecule has 0 atom stereocenters. The third-order valence-corrected chi connectivity index (χ3v) is 1.93. The lowest BCUT2D eigenvalue weighted by atomic mass is 10.1. The highest BCUT2D eigenvalue weighted by atomic mass is 35.5.